The molecule has 1 aliphatic rings. The quantitative estimate of drug-likeness (QED) is 0.599. The minimum absolute atomic E-state index is 0.00472. The summed E-state index contributed by atoms with van der Waals surface area (Å²) in [6.07, 6.45) is 0.785. The third kappa shape index (κ3) is 1.71. The molecule has 1 heterocycles. The molecule has 0 saturated carbocycles. The van der Waals surface area contributed by atoms with Crippen molar-refractivity contribution in [2.75, 3.05) is 6.61 Å². The average Bonchev–Trinajstić information content (AvgIpc) is 2.30. The number of hydrogen-bond donors (Lipinski definition) is 2. The maximum atomic E-state index is 11.2. The van der Waals surface area contributed by atoms with E-state index in [0.717, 1.165) is 6.42 Å². The Morgan fingerprint density at radius 1 is 1.73 bits per heavy atom. The summed E-state index contributed by atoms with van der Waals surface area (Å²) in [6, 6.07) is -0.00472. The zero-order valence-corrected chi connectivity index (χ0v) is 7.00. The number of aliphatic hydroxyl groups is 1. The number of hydrogen-bond acceptors (Lipinski definition) is 2. The van der Waals surface area contributed by atoms with Crippen LogP contribution >= 0.6 is 0 Å². The molecule has 1 saturated heterocycles. The van der Waals surface area contributed by atoms with Crippen LogP contribution in [0.1, 0.15) is 20.3 Å². The number of carbonyl (C=O) groups excluding carboxylic acids is 1. The van der Waals surface area contributed by atoms with Gasteiger partial charge in [-0.1, -0.05) is 13.8 Å². The predicted molar refractivity (Wildman–Crippen MR) is 42.0 cm³/mol. The van der Waals surface area contributed by atoms with Gasteiger partial charge >= 0.3 is 0 Å². The fraction of sp³-hybridized carbons (Fsp3) is 0.875. The molecule has 3 heteroatoms. The van der Waals surface area contributed by atoms with Crippen molar-refractivity contribution in [3.63, 3.8) is 0 Å². The first-order valence-corrected chi connectivity index (χ1v) is 4.06. The highest BCUT2D eigenvalue weighted by atomic mass is 16.3. The van der Waals surface area contributed by atoms with E-state index < -0.39 is 0 Å². The highest BCUT2D eigenvalue weighted by Gasteiger charge is 2.33. The Morgan fingerprint density at radius 3 is 2.64 bits per heavy atom. The van der Waals surface area contributed by atoms with Gasteiger partial charge in [0.25, 0.3) is 0 Å². The monoisotopic (exact) mass is 157 g/mol. The molecular formula is C8H15NO2. The molecule has 1 aliphatic heterocycles. The molecule has 2 N–H and O–H groups in total. The van der Waals surface area contributed by atoms with E-state index in [1.54, 1.807) is 0 Å². The van der Waals surface area contributed by atoms with Gasteiger partial charge in [-0.2, -0.15) is 0 Å². The Labute approximate surface area is 66.8 Å². The van der Waals surface area contributed by atoms with Crippen molar-refractivity contribution in [2.24, 2.45) is 11.8 Å². The summed E-state index contributed by atoms with van der Waals surface area (Å²) >= 11 is 0. The number of amides is 1. The van der Waals surface area contributed by atoms with E-state index in [4.69, 9.17) is 5.11 Å². The van der Waals surface area contributed by atoms with Crippen LogP contribution in [0.25, 0.3) is 0 Å². The number of rotatable bonds is 2. The highest BCUT2D eigenvalue weighted by Crippen LogP contribution is 2.22. The molecule has 11 heavy (non-hydrogen) atoms. The first-order valence-electron chi connectivity index (χ1n) is 4.06. The fourth-order valence-electron chi connectivity index (χ4n) is 1.48. The van der Waals surface area contributed by atoms with Crippen molar-refractivity contribution in [2.45, 2.75) is 26.3 Å². The highest BCUT2D eigenvalue weighted by molar-refractivity contribution is 5.81. The molecule has 0 spiro atoms. The number of aliphatic hydroxyl groups excluding tert-OH is 1. The van der Waals surface area contributed by atoms with Gasteiger partial charge in [0, 0.05) is 5.92 Å². The molecular weight excluding hydrogens is 142 g/mol. The Hall–Kier alpha value is -0.570. The standard InChI is InChI=1S/C8H15NO2/c1-5(2)7-3-6(4-10)9-8(7)11/h5-7,10H,3-4H2,1-2H3,(H,9,11)/t6-,7+/m0/s1. The van der Waals surface area contributed by atoms with Gasteiger partial charge in [-0.25, -0.2) is 0 Å². The van der Waals surface area contributed by atoms with E-state index in [9.17, 15) is 4.79 Å². The molecule has 1 fully saturated rings. The van der Waals surface area contributed by atoms with Gasteiger partial charge in [0.15, 0.2) is 0 Å². The lowest BCUT2D eigenvalue weighted by Gasteiger charge is -2.09. The third-order valence-corrected chi connectivity index (χ3v) is 2.25. The Morgan fingerprint density at radius 2 is 2.36 bits per heavy atom. The van der Waals surface area contributed by atoms with Crippen LogP contribution in [0.4, 0.5) is 0 Å². The summed E-state index contributed by atoms with van der Waals surface area (Å²) in [5.41, 5.74) is 0. The van der Waals surface area contributed by atoms with Crippen LogP contribution in [0.5, 0.6) is 0 Å². The fourth-order valence-corrected chi connectivity index (χ4v) is 1.48. The molecule has 2 atom stereocenters. The first-order chi connectivity index (χ1) is 5.15. The molecule has 1 rings (SSSR count). The Bertz CT molecular complexity index is 156. The van der Waals surface area contributed by atoms with Crippen LogP contribution < -0.4 is 5.32 Å². The second kappa shape index (κ2) is 3.22. The summed E-state index contributed by atoms with van der Waals surface area (Å²) < 4.78 is 0. The maximum Gasteiger partial charge on any atom is 0.223 e. The van der Waals surface area contributed by atoms with Gasteiger partial charge in [0.1, 0.15) is 0 Å². The summed E-state index contributed by atoms with van der Waals surface area (Å²) in [7, 11) is 0. The molecule has 0 aliphatic carbocycles. The van der Waals surface area contributed by atoms with E-state index in [1.807, 2.05) is 13.8 Å². The van der Waals surface area contributed by atoms with Gasteiger partial charge in [-0.15, -0.1) is 0 Å². The normalized spacial score (nSPS) is 31.1. The van der Waals surface area contributed by atoms with Crippen molar-refractivity contribution >= 4 is 5.91 Å². The van der Waals surface area contributed by atoms with Crippen molar-refractivity contribution in [3.05, 3.63) is 0 Å². The van der Waals surface area contributed by atoms with Crippen LogP contribution in [0.2, 0.25) is 0 Å². The maximum absolute atomic E-state index is 11.2. The van der Waals surface area contributed by atoms with E-state index >= 15 is 0 Å². The minimum atomic E-state index is -0.00472. The molecule has 0 radical (unpaired) electrons. The van der Waals surface area contributed by atoms with Gasteiger partial charge in [0.05, 0.1) is 12.6 Å². The lowest BCUT2D eigenvalue weighted by atomic mass is 9.93. The molecule has 0 unspecified atom stereocenters. The molecule has 64 valence electrons. The molecule has 0 aromatic carbocycles. The second-order valence-corrected chi connectivity index (χ2v) is 3.47. The Balaban J connectivity index is 2.52. The lowest BCUT2D eigenvalue weighted by molar-refractivity contribution is -0.123. The van der Waals surface area contributed by atoms with E-state index in [1.165, 1.54) is 0 Å². The van der Waals surface area contributed by atoms with Crippen molar-refractivity contribution in [1.29, 1.82) is 0 Å². The topological polar surface area (TPSA) is 49.3 Å². The van der Waals surface area contributed by atoms with Crippen LogP contribution in [-0.2, 0) is 4.79 Å². The summed E-state index contributed by atoms with van der Waals surface area (Å²) in [6.45, 7) is 4.13. The van der Waals surface area contributed by atoms with Gasteiger partial charge < -0.3 is 10.4 Å². The molecule has 0 aromatic rings. The van der Waals surface area contributed by atoms with E-state index in [-0.39, 0.29) is 24.5 Å². The van der Waals surface area contributed by atoms with Gasteiger partial charge in [0.2, 0.25) is 5.91 Å². The van der Waals surface area contributed by atoms with Crippen LogP contribution in [0, 0.1) is 11.8 Å². The largest absolute Gasteiger partial charge is 0.394 e. The zero-order chi connectivity index (χ0) is 8.43. The summed E-state index contributed by atoms with van der Waals surface area (Å²) in [5, 5.41) is 11.5. The zero-order valence-electron chi connectivity index (χ0n) is 7.00. The van der Waals surface area contributed by atoms with Crippen molar-refractivity contribution in [1.82, 2.24) is 5.32 Å². The second-order valence-electron chi connectivity index (χ2n) is 3.47. The van der Waals surface area contributed by atoms with Crippen molar-refractivity contribution < 1.29 is 9.90 Å². The van der Waals surface area contributed by atoms with E-state index in [0.29, 0.717) is 5.92 Å². The smallest absolute Gasteiger partial charge is 0.223 e. The van der Waals surface area contributed by atoms with Gasteiger partial charge in [-0.3, -0.25) is 4.79 Å². The van der Waals surface area contributed by atoms with Crippen LogP contribution in [-0.4, -0.2) is 23.7 Å². The number of carbonyl (C=O) groups is 1. The lowest BCUT2D eigenvalue weighted by Crippen LogP contribution is -2.29. The predicted octanol–water partition coefficient (Wildman–Crippen LogP) is 0.139. The van der Waals surface area contributed by atoms with Crippen LogP contribution in [0.3, 0.4) is 0 Å². The molecule has 1 amide bonds. The van der Waals surface area contributed by atoms with Gasteiger partial charge in [-0.05, 0) is 12.3 Å². The SMILES string of the molecule is CC(C)[C@H]1C[C@@H](CO)NC1=O. The molecule has 0 bridgehead atoms. The number of nitrogens with one attached hydrogen (secondary N) is 1. The Kier molecular flexibility index (Phi) is 2.49. The summed E-state index contributed by atoms with van der Waals surface area (Å²) in [5.74, 6) is 0.581. The molecule has 0 aromatic heterocycles. The van der Waals surface area contributed by atoms with E-state index in [2.05, 4.69) is 5.32 Å². The van der Waals surface area contributed by atoms with Crippen molar-refractivity contribution in [3.8, 4) is 0 Å². The average molecular weight is 157 g/mol. The minimum Gasteiger partial charge on any atom is -0.394 e. The summed E-state index contributed by atoms with van der Waals surface area (Å²) in [4.78, 5) is 11.2. The third-order valence-electron chi connectivity index (χ3n) is 2.25. The molecule has 3 nitrogen and oxygen atoms in total. The first kappa shape index (κ1) is 8.53. The van der Waals surface area contributed by atoms with Crippen LogP contribution in [0.15, 0.2) is 0 Å².